The van der Waals surface area contributed by atoms with E-state index in [9.17, 15) is 0 Å². The number of hydrogen-bond donors (Lipinski definition) is 0. The Balaban J connectivity index is 2.14. The van der Waals surface area contributed by atoms with Crippen molar-refractivity contribution in [3.05, 3.63) is 30.3 Å². The third-order valence-corrected chi connectivity index (χ3v) is 4.01. The van der Waals surface area contributed by atoms with Gasteiger partial charge in [0.15, 0.2) is 25.1 Å². The Kier molecular flexibility index (Phi) is 9.07. The molecule has 0 radical (unpaired) electrons. The molecular weight excluding hydrogens is 332 g/mol. The van der Waals surface area contributed by atoms with Gasteiger partial charge in [0.1, 0.15) is 5.75 Å². The zero-order valence-electron chi connectivity index (χ0n) is 16.1. The van der Waals surface area contributed by atoms with Gasteiger partial charge in [-0.1, -0.05) is 51.0 Å². The maximum atomic E-state index is 5.87. The summed E-state index contributed by atoms with van der Waals surface area (Å²) >= 11 is 0. The zero-order chi connectivity index (χ0) is 18.6. The minimum Gasteiger partial charge on any atom is -0.493 e. The highest BCUT2D eigenvalue weighted by Crippen LogP contribution is 2.41. The monoisotopic (exact) mass is 362 g/mol. The van der Waals surface area contributed by atoms with Crippen molar-refractivity contribution in [1.82, 2.24) is 0 Å². The van der Waals surface area contributed by atoms with Gasteiger partial charge < -0.3 is 23.7 Å². The van der Waals surface area contributed by atoms with E-state index in [1.54, 1.807) is 7.11 Å². The fourth-order valence-electron chi connectivity index (χ4n) is 2.53. The third kappa shape index (κ3) is 5.78. The highest BCUT2D eigenvalue weighted by molar-refractivity contribution is 5.95. The van der Waals surface area contributed by atoms with Gasteiger partial charge in [0, 0.05) is 16.8 Å². The van der Waals surface area contributed by atoms with E-state index in [1.165, 1.54) is 0 Å². The van der Waals surface area contributed by atoms with Crippen LogP contribution in [0.2, 0.25) is 0 Å². The summed E-state index contributed by atoms with van der Waals surface area (Å²) in [5.41, 5.74) is 0. The molecule has 0 fully saturated rings. The first kappa shape index (κ1) is 20.3. The molecule has 0 saturated carbocycles. The second kappa shape index (κ2) is 11.6. The van der Waals surface area contributed by atoms with Crippen molar-refractivity contribution in [3.8, 4) is 17.2 Å². The molecule has 0 aliphatic heterocycles. The molecular formula is C21H30O5. The SMILES string of the molecule is CCCCOCOc1cc(OC)c(OCOCCCC)c2ccccc12. The van der Waals surface area contributed by atoms with Crippen molar-refractivity contribution in [1.29, 1.82) is 0 Å². The van der Waals surface area contributed by atoms with Crippen molar-refractivity contribution in [2.75, 3.05) is 33.9 Å². The standard InChI is InChI=1S/C21H30O5/c1-4-6-12-23-15-25-19-14-20(22-3)21(26-16-24-13-7-5-2)18-11-9-8-10-17(18)19/h8-11,14H,4-7,12-13,15-16H2,1-3H3. The van der Waals surface area contributed by atoms with Crippen LogP contribution in [0.5, 0.6) is 17.2 Å². The van der Waals surface area contributed by atoms with E-state index in [0.29, 0.717) is 30.5 Å². The van der Waals surface area contributed by atoms with Gasteiger partial charge in [0.25, 0.3) is 0 Å². The molecule has 0 unspecified atom stereocenters. The van der Waals surface area contributed by atoms with Crippen LogP contribution in [0.25, 0.3) is 10.8 Å². The highest BCUT2D eigenvalue weighted by Gasteiger charge is 2.15. The molecule has 0 saturated heterocycles. The zero-order valence-corrected chi connectivity index (χ0v) is 16.1. The van der Waals surface area contributed by atoms with Crippen LogP contribution >= 0.6 is 0 Å². The second-order valence-corrected chi connectivity index (χ2v) is 6.00. The molecule has 0 aliphatic rings. The summed E-state index contributed by atoms with van der Waals surface area (Å²) in [5, 5.41) is 1.88. The molecule has 5 nitrogen and oxygen atoms in total. The molecule has 144 valence electrons. The molecule has 0 aliphatic carbocycles. The summed E-state index contributed by atoms with van der Waals surface area (Å²) < 4.78 is 28.3. The van der Waals surface area contributed by atoms with E-state index in [-0.39, 0.29) is 13.6 Å². The van der Waals surface area contributed by atoms with Gasteiger partial charge in [0.2, 0.25) is 0 Å². The Morgan fingerprint density at radius 3 is 2.00 bits per heavy atom. The third-order valence-electron chi connectivity index (χ3n) is 4.01. The molecule has 5 heteroatoms. The topological polar surface area (TPSA) is 46.2 Å². The quantitative estimate of drug-likeness (QED) is 0.364. The van der Waals surface area contributed by atoms with Crippen LogP contribution in [-0.4, -0.2) is 33.9 Å². The normalized spacial score (nSPS) is 10.9. The van der Waals surface area contributed by atoms with Gasteiger partial charge >= 0.3 is 0 Å². The van der Waals surface area contributed by atoms with E-state index in [1.807, 2.05) is 30.3 Å². The Bertz CT molecular complexity index is 656. The average molecular weight is 362 g/mol. The number of rotatable bonds is 13. The van der Waals surface area contributed by atoms with E-state index >= 15 is 0 Å². The molecule has 2 aromatic carbocycles. The van der Waals surface area contributed by atoms with Crippen molar-refractivity contribution in [2.24, 2.45) is 0 Å². The lowest BCUT2D eigenvalue weighted by atomic mass is 10.1. The largest absolute Gasteiger partial charge is 0.493 e. The second-order valence-electron chi connectivity index (χ2n) is 6.00. The first-order valence-corrected chi connectivity index (χ1v) is 9.32. The predicted octanol–water partition coefficient (Wildman–Crippen LogP) is 5.15. The van der Waals surface area contributed by atoms with Gasteiger partial charge in [0.05, 0.1) is 20.3 Å². The van der Waals surface area contributed by atoms with Gasteiger partial charge in [-0.2, -0.15) is 0 Å². The lowest BCUT2D eigenvalue weighted by Crippen LogP contribution is -2.07. The van der Waals surface area contributed by atoms with E-state index < -0.39 is 0 Å². The van der Waals surface area contributed by atoms with E-state index in [0.717, 1.165) is 36.5 Å². The van der Waals surface area contributed by atoms with Crippen LogP contribution in [0.1, 0.15) is 39.5 Å². The maximum Gasteiger partial charge on any atom is 0.189 e. The number of hydrogen-bond acceptors (Lipinski definition) is 5. The number of fused-ring (bicyclic) bond motifs is 1. The van der Waals surface area contributed by atoms with Crippen LogP contribution in [0.15, 0.2) is 30.3 Å². The molecule has 0 amide bonds. The molecule has 0 atom stereocenters. The summed E-state index contributed by atoms with van der Waals surface area (Å²) in [6.45, 7) is 6.06. The van der Waals surface area contributed by atoms with Crippen LogP contribution in [0.3, 0.4) is 0 Å². The Morgan fingerprint density at radius 1 is 0.769 bits per heavy atom. The lowest BCUT2D eigenvalue weighted by Gasteiger charge is -2.17. The Labute approximate surface area is 156 Å². The first-order chi connectivity index (χ1) is 12.8. The first-order valence-electron chi connectivity index (χ1n) is 9.32. The summed E-state index contributed by atoms with van der Waals surface area (Å²) in [4.78, 5) is 0. The van der Waals surface area contributed by atoms with E-state index in [4.69, 9.17) is 23.7 Å². The van der Waals surface area contributed by atoms with Gasteiger partial charge in [-0.25, -0.2) is 0 Å². The smallest absolute Gasteiger partial charge is 0.189 e. The van der Waals surface area contributed by atoms with Crippen LogP contribution in [0.4, 0.5) is 0 Å². The van der Waals surface area contributed by atoms with Crippen molar-refractivity contribution < 1.29 is 23.7 Å². The van der Waals surface area contributed by atoms with E-state index in [2.05, 4.69) is 13.8 Å². The van der Waals surface area contributed by atoms with Gasteiger partial charge in [-0.3, -0.25) is 0 Å². The predicted molar refractivity (Wildman–Crippen MR) is 103 cm³/mol. The molecule has 0 aromatic heterocycles. The fourth-order valence-corrected chi connectivity index (χ4v) is 2.53. The summed E-state index contributed by atoms with van der Waals surface area (Å²) in [7, 11) is 1.62. The minimum absolute atomic E-state index is 0.195. The van der Waals surface area contributed by atoms with Crippen molar-refractivity contribution in [2.45, 2.75) is 39.5 Å². The number of ether oxygens (including phenoxy) is 5. The van der Waals surface area contributed by atoms with Crippen LogP contribution in [0, 0.1) is 0 Å². The highest BCUT2D eigenvalue weighted by atomic mass is 16.7. The van der Waals surface area contributed by atoms with Crippen LogP contribution in [-0.2, 0) is 9.47 Å². The Hall–Kier alpha value is -1.98. The molecule has 0 N–H and O–H groups in total. The number of benzene rings is 2. The van der Waals surface area contributed by atoms with Crippen molar-refractivity contribution in [3.63, 3.8) is 0 Å². The summed E-state index contributed by atoms with van der Waals surface area (Å²) in [5.74, 6) is 2.00. The Morgan fingerprint density at radius 2 is 1.38 bits per heavy atom. The molecule has 2 aromatic rings. The minimum atomic E-state index is 0.195. The van der Waals surface area contributed by atoms with Gasteiger partial charge in [-0.15, -0.1) is 0 Å². The van der Waals surface area contributed by atoms with Crippen molar-refractivity contribution >= 4 is 10.8 Å². The molecule has 0 spiro atoms. The molecule has 26 heavy (non-hydrogen) atoms. The number of methoxy groups -OCH3 is 1. The lowest BCUT2D eigenvalue weighted by molar-refractivity contribution is 0.0120. The average Bonchev–Trinajstić information content (AvgIpc) is 2.68. The summed E-state index contributed by atoms with van der Waals surface area (Å²) in [6.07, 6.45) is 4.24. The molecule has 0 bridgehead atoms. The van der Waals surface area contributed by atoms with Crippen LogP contribution < -0.4 is 14.2 Å². The molecule has 0 heterocycles. The van der Waals surface area contributed by atoms with Gasteiger partial charge in [-0.05, 0) is 12.8 Å². The molecule has 2 rings (SSSR count). The summed E-state index contributed by atoms with van der Waals surface area (Å²) in [6, 6.07) is 9.77. The maximum absolute atomic E-state index is 5.87. The fraction of sp³-hybridized carbons (Fsp3) is 0.524. The number of unbranched alkanes of at least 4 members (excludes halogenated alkanes) is 2.